The van der Waals surface area contributed by atoms with Gasteiger partial charge in [-0.25, -0.2) is 4.98 Å². The van der Waals surface area contributed by atoms with Crippen molar-refractivity contribution in [2.75, 3.05) is 18.0 Å². The maximum Gasteiger partial charge on any atom is 0.255 e. The van der Waals surface area contributed by atoms with Gasteiger partial charge in [-0.1, -0.05) is 30.3 Å². The summed E-state index contributed by atoms with van der Waals surface area (Å²) in [5, 5.41) is 5.32. The number of anilines is 1. The quantitative estimate of drug-likeness (QED) is 0.192. The molecule has 1 atom stereocenters. The number of imide groups is 1. The highest BCUT2D eigenvalue weighted by atomic mass is 16.2. The Bertz CT molecular complexity index is 2020. The molecule has 1 unspecified atom stereocenters. The summed E-state index contributed by atoms with van der Waals surface area (Å²) in [5.41, 5.74) is 12.7. The van der Waals surface area contributed by atoms with E-state index in [1.807, 2.05) is 54.6 Å². The molecule has 12 heteroatoms. The number of fused-ring (bicyclic) bond motifs is 2. The number of hydrogen-bond acceptors (Lipinski definition) is 9. The third-order valence-electron chi connectivity index (χ3n) is 9.33. The molecule has 0 bridgehead atoms. The zero-order valence-electron chi connectivity index (χ0n) is 26.8. The number of aliphatic imine (C=N–C) groups is 1. The van der Waals surface area contributed by atoms with Crippen LogP contribution in [-0.4, -0.2) is 69.9 Å². The van der Waals surface area contributed by atoms with Gasteiger partial charge >= 0.3 is 0 Å². The number of carbonyl (C=O) groups excluding carboxylic acids is 4. The van der Waals surface area contributed by atoms with Crippen molar-refractivity contribution in [1.29, 1.82) is 0 Å². The molecule has 4 heterocycles. The summed E-state index contributed by atoms with van der Waals surface area (Å²) in [6, 6.07) is 20.2. The van der Waals surface area contributed by atoms with Gasteiger partial charge in [0.15, 0.2) is 0 Å². The SMILES string of the molecule is NC=C(C=NC1CCN(c2cccc(C(=O)NCc3ccc4c(c3)CN(C3CCC(=O)NC3=O)C4=O)c2)CC1)c1cnc2ccccc2n1. The van der Waals surface area contributed by atoms with Crippen LogP contribution in [0.2, 0.25) is 0 Å². The third-order valence-corrected chi connectivity index (χ3v) is 9.33. The second-order valence-corrected chi connectivity index (χ2v) is 12.5. The molecule has 4 aromatic rings. The number of allylic oxidation sites excluding steroid dienone is 1. The molecule has 4 amide bonds. The van der Waals surface area contributed by atoms with Gasteiger partial charge in [-0.2, -0.15) is 0 Å². The average molecular weight is 657 g/mol. The molecular formula is C37H36N8O4. The Morgan fingerprint density at radius 3 is 2.61 bits per heavy atom. The van der Waals surface area contributed by atoms with E-state index in [0.29, 0.717) is 23.2 Å². The van der Waals surface area contributed by atoms with Gasteiger partial charge < -0.3 is 20.9 Å². The van der Waals surface area contributed by atoms with Gasteiger partial charge in [-0.3, -0.25) is 34.5 Å². The van der Waals surface area contributed by atoms with Crippen LogP contribution in [0.25, 0.3) is 16.6 Å². The third kappa shape index (κ3) is 6.75. The van der Waals surface area contributed by atoms with Crippen LogP contribution < -0.4 is 21.3 Å². The number of rotatable bonds is 8. The van der Waals surface area contributed by atoms with Gasteiger partial charge in [0, 0.05) is 67.4 Å². The Kier molecular flexibility index (Phi) is 8.84. The van der Waals surface area contributed by atoms with Crippen LogP contribution in [0, 0.1) is 0 Å². The number of nitrogens with one attached hydrogen (secondary N) is 2. The lowest BCUT2D eigenvalue weighted by Crippen LogP contribution is -2.52. The first-order chi connectivity index (χ1) is 23.9. The van der Waals surface area contributed by atoms with Crippen molar-refractivity contribution in [2.24, 2.45) is 10.7 Å². The molecule has 12 nitrogen and oxygen atoms in total. The maximum atomic E-state index is 13.2. The van der Waals surface area contributed by atoms with Gasteiger partial charge in [-0.15, -0.1) is 0 Å². The lowest BCUT2D eigenvalue weighted by molar-refractivity contribution is -0.136. The number of benzene rings is 3. The Morgan fingerprint density at radius 2 is 1.82 bits per heavy atom. The summed E-state index contributed by atoms with van der Waals surface area (Å²) in [6.07, 6.45) is 7.25. The highest BCUT2D eigenvalue weighted by Crippen LogP contribution is 2.28. The summed E-state index contributed by atoms with van der Waals surface area (Å²) in [6.45, 7) is 2.18. The second kappa shape index (κ2) is 13.7. The summed E-state index contributed by atoms with van der Waals surface area (Å²) in [4.78, 5) is 67.8. The number of piperidine rings is 2. The smallest absolute Gasteiger partial charge is 0.255 e. The predicted molar refractivity (Wildman–Crippen MR) is 186 cm³/mol. The molecule has 0 radical (unpaired) electrons. The fourth-order valence-electron chi connectivity index (χ4n) is 6.62. The first-order valence-corrected chi connectivity index (χ1v) is 16.4. The molecule has 4 N–H and O–H groups in total. The van der Waals surface area contributed by atoms with Crippen LogP contribution in [0.15, 0.2) is 84.1 Å². The Hall–Kier alpha value is -5.91. The normalized spacial score (nSPS) is 18.7. The summed E-state index contributed by atoms with van der Waals surface area (Å²) >= 11 is 0. The van der Waals surface area contributed by atoms with Crippen molar-refractivity contribution in [3.05, 3.63) is 107 Å². The van der Waals surface area contributed by atoms with Crippen molar-refractivity contribution < 1.29 is 19.2 Å². The minimum atomic E-state index is -0.663. The molecule has 7 rings (SSSR count). The van der Waals surface area contributed by atoms with Gasteiger partial charge in [0.05, 0.1) is 29.0 Å². The van der Waals surface area contributed by atoms with Crippen LogP contribution in [0.1, 0.15) is 63.2 Å². The van der Waals surface area contributed by atoms with E-state index in [1.165, 1.54) is 11.1 Å². The van der Waals surface area contributed by atoms with Crippen molar-refractivity contribution in [3.8, 4) is 0 Å². The number of nitrogens with zero attached hydrogens (tertiary/aromatic N) is 5. The second-order valence-electron chi connectivity index (χ2n) is 12.5. The standard InChI is InChI=1S/C37H36N8O4/c38-18-26(32-21-40-30-6-1-2-7-31(30)42-32)20-39-27-12-14-44(15-13-27)28-5-3-4-24(17-28)35(47)41-19-23-8-9-29-25(16-23)22-45(37(29)49)33-10-11-34(46)43-36(33)48/h1-9,16-18,20-21,27,33H,10-15,19,22,38H2,(H,41,47)(H,43,46,48). The number of amides is 4. The van der Waals surface area contributed by atoms with Gasteiger partial charge in [-0.05, 0) is 66.8 Å². The van der Waals surface area contributed by atoms with Crippen LogP contribution in [-0.2, 0) is 22.7 Å². The van der Waals surface area contributed by atoms with E-state index in [4.69, 9.17) is 10.7 Å². The number of nitrogens with two attached hydrogens (primary N) is 1. The molecule has 2 fully saturated rings. The molecular weight excluding hydrogens is 620 g/mol. The molecule has 0 saturated carbocycles. The molecule has 1 aromatic heterocycles. The minimum Gasteiger partial charge on any atom is -0.404 e. The van der Waals surface area contributed by atoms with E-state index in [-0.39, 0.29) is 43.3 Å². The van der Waals surface area contributed by atoms with E-state index in [1.54, 1.807) is 24.5 Å². The highest BCUT2D eigenvalue weighted by molar-refractivity contribution is 6.09. The fraction of sp³-hybridized carbons (Fsp3) is 0.270. The van der Waals surface area contributed by atoms with E-state index in [9.17, 15) is 19.2 Å². The van der Waals surface area contributed by atoms with Crippen molar-refractivity contribution in [1.82, 2.24) is 25.5 Å². The Labute approximate surface area is 283 Å². The lowest BCUT2D eigenvalue weighted by atomic mass is 10.0. The summed E-state index contributed by atoms with van der Waals surface area (Å²) in [5.74, 6) is -1.17. The van der Waals surface area contributed by atoms with Crippen molar-refractivity contribution >= 4 is 52.1 Å². The van der Waals surface area contributed by atoms with Crippen LogP contribution in [0.3, 0.4) is 0 Å². The fourth-order valence-corrected chi connectivity index (χ4v) is 6.62. The summed E-state index contributed by atoms with van der Waals surface area (Å²) < 4.78 is 0. The largest absolute Gasteiger partial charge is 0.404 e. The van der Waals surface area contributed by atoms with Crippen LogP contribution >= 0.6 is 0 Å². The Morgan fingerprint density at radius 1 is 1.00 bits per heavy atom. The Balaban J connectivity index is 0.924. The monoisotopic (exact) mass is 656 g/mol. The molecule has 3 aromatic carbocycles. The summed E-state index contributed by atoms with van der Waals surface area (Å²) in [7, 11) is 0. The minimum absolute atomic E-state index is 0.143. The lowest BCUT2D eigenvalue weighted by Gasteiger charge is -2.32. The van der Waals surface area contributed by atoms with Crippen molar-refractivity contribution in [3.63, 3.8) is 0 Å². The number of carbonyl (C=O) groups is 4. The van der Waals surface area contributed by atoms with Crippen LogP contribution in [0.5, 0.6) is 0 Å². The van der Waals surface area contributed by atoms with Gasteiger partial charge in [0.1, 0.15) is 6.04 Å². The first-order valence-electron chi connectivity index (χ1n) is 16.4. The topological polar surface area (TPSA) is 163 Å². The average Bonchev–Trinajstić information content (AvgIpc) is 3.45. The molecule has 3 aliphatic heterocycles. The zero-order chi connectivity index (χ0) is 33.9. The number of para-hydroxylation sites is 2. The van der Waals surface area contributed by atoms with E-state index < -0.39 is 11.9 Å². The van der Waals surface area contributed by atoms with Gasteiger partial charge in [0.25, 0.3) is 11.8 Å². The molecule has 0 spiro atoms. The highest BCUT2D eigenvalue weighted by Gasteiger charge is 2.39. The molecule has 49 heavy (non-hydrogen) atoms. The number of hydrogen-bond donors (Lipinski definition) is 3. The van der Waals surface area contributed by atoms with E-state index >= 15 is 0 Å². The molecule has 2 saturated heterocycles. The first kappa shape index (κ1) is 31.7. The molecule has 3 aliphatic rings. The van der Waals surface area contributed by atoms with Crippen molar-refractivity contribution in [2.45, 2.75) is 50.9 Å². The molecule has 248 valence electrons. The van der Waals surface area contributed by atoms with Gasteiger partial charge in [0.2, 0.25) is 11.8 Å². The molecule has 0 aliphatic carbocycles. The predicted octanol–water partition coefficient (Wildman–Crippen LogP) is 3.36. The van der Waals surface area contributed by atoms with Crippen LogP contribution in [0.4, 0.5) is 5.69 Å². The number of aromatic nitrogens is 2. The zero-order valence-corrected chi connectivity index (χ0v) is 26.8. The van der Waals surface area contributed by atoms with E-state index in [0.717, 1.165) is 59.4 Å². The van der Waals surface area contributed by atoms with E-state index in [2.05, 4.69) is 25.5 Å². The maximum absolute atomic E-state index is 13.2.